The third-order valence-electron chi connectivity index (χ3n) is 5.76. The van der Waals surface area contributed by atoms with Gasteiger partial charge in [-0.25, -0.2) is 0 Å². The van der Waals surface area contributed by atoms with Crippen molar-refractivity contribution in [3.05, 3.63) is 101 Å². The van der Waals surface area contributed by atoms with E-state index in [9.17, 15) is 5.11 Å². The van der Waals surface area contributed by atoms with E-state index in [1.165, 1.54) is 44.1 Å². The summed E-state index contributed by atoms with van der Waals surface area (Å²) in [5.41, 5.74) is 8.47. The number of aromatic nitrogens is 2. The third-order valence-corrected chi connectivity index (χ3v) is 5.76. The monoisotopic (exact) mass is 366 g/mol. The van der Waals surface area contributed by atoms with Crippen LogP contribution in [-0.2, 0) is 0 Å². The number of phenols is 1. The van der Waals surface area contributed by atoms with Gasteiger partial charge in [0.2, 0.25) is 0 Å². The highest BCUT2D eigenvalue weighted by atomic mass is 16.3. The zero-order valence-corrected chi connectivity index (χ0v) is 16.0. The minimum atomic E-state index is 0.0618. The number of para-hydroxylation sites is 2. The van der Waals surface area contributed by atoms with Gasteiger partial charge in [0.15, 0.2) is 0 Å². The summed E-state index contributed by atoms with van der Waals surface area (Å²) in [6.45, 7) is 4.26. The van der Waals surface area contributed by atoms with Crippen LogP contribution >= 0.6 is 0 Å². The smallest absolute Gasteiger partial charge is 0.115 e. The summed E-state index contributed by atoms with van der Waals surface area (Å²) in [5.74, 6) is 0.346. The highest BCUT2D eigenvalue weighted by molar-refractivity contribution is 5.91. The van der Waals surface area contributed by atoms with Gasteiger partial charge in [-0.05, 0) is 53.8 Å². The second kappa shape index (κ2) is 6.31. The molecule has 3 nitrogen and oxygen atoms in total. The molecular weight excluding hydrogens is 344 g/mol. The van der Waals surface area contributed by atoms with Crippen molar-refractivity contribution in [1.82, 2.24) is 9.97 Å². The molecule has 28 heavy (non-hydrogen) atoms. The van der Waals surface area contributed by atoms with Crippen molar-refractivity contribution in [2.24, 2.45) is 0 Å². The van der Waals surface area contributed by atoms with Crippen LogP contribution in [0.1, 0.15) is 33.7 Å². The summed E-state index contributed by atoms with van der Waals surface area (Å²) in [6.07, 6.45) is 4.26. The van der Waals surface area contributed by atoms with Crippen molar-refractivity contribution in [2.75, 3.05) is 0 Å². The van der Waals surface area contributed by atoms with E-state index in [4.69, 9.17) is 0 Å². The van der Waals surface area contributed by atoms with Crippen LogP contribution in [0.2, 0.25) is 0 Å². The molecule has 2 aromatic heterocycles. The van der Waals surface area contributed by atoms with Crippen LogP contribution < -0.4 is 0 Å². The molecular formula is C25H22N2O. The molecule has 0 aliphatic carbocycles. The number of phenolic OH excluding ortho intramolecular Hbond substituents is 1. The summed E-state index contributed by atoms with van der Waals surface area (Å²) < 4.78 is 0. The number of benzene rings is 3. The first-order chi connectivity index (χ1) is 13.6. The Balaban J connectivity index is 1.81. The molecule has 0 amide bonds. The number of rotatable bonds is 3. The maximum Gasteiger partial charge on any atom is 0.115 e. The topological polar surface area (TPSA) is 51.8 Å². The fraction of sp³-hybridized carbons (Fsp3) is 0.120. The number of hydrogen-bond acceptors (Lipinski definition) is 1. The number of hydrogen-bond donors (Lipinski definition) is 3. The van der Waals surface area contributed by atoms with Gasteiger partial charge in [-0.1, -0.05) is 48.5 Å². The Morgan fingerprint density at radius 2 is 1.18 bits per heavy atom. The minimum Gasteiger partial charge on any atom is -0.508 e. The van der Waals surface area contributed by atoms with E-state index in [0.717, 1.165) is 5.56 Å². The molecule has 0 atom stereocenters. The van der Waals surface area contributed by atoms with Crippen molar-refractivity contribution in [2.45, 2.75) is 19.8 Å². The first-order valence-corrected chi connectivity index (χ1v) is 9.55. The van der Waals surface area contributed by atoms with Crippen molar-refractivity contribution in [1.29, 1.82) is 0 Å². The van der Waals surface area contributed by atoms with E-state index in [-0.39, 0.29) is 11.7 Å². The first-order valence-electron chi connectivity index (χ1n) is 9.55. The van der Waals surface area contributed by atoms with E-state index in [2.05, 4.69) is 72.6 Å². The Morgan fingerprint density at radius 1 is 0.679 bits per heavy atom. The highest BCUT2D eigenvalue weighted by Gasteiger charge is 2.23. The second-order valence-electron chi connectivity index (χ2n) is 7.51. The molecule has 0 saturated heterocycles. The lowest BCUT2D eigenvalue weighted by Crippen LogP contribution is -2.02. The Hall–Kier alpha value is -3.46. The summed E-state index contributed by atoms with van der Waals surface area (Å²) >= 11 is 0. The summed E-state index contributed by atoms with van der Waals surface area (Å²) in [4.78, 5) is 6.96. The average Bonchev–Trinajstić information content (AvgIpc) is 3.31. The van der Waals surface area contributed by atoms with Gasteiger partial charge in [-0.2, -0.15) is 0 Å². The molecule has 5 rings (SSSR count). The number of aromatic hydroxyl groups is 1. The Morgan fingerprint density at radius 3 is 1.68 bits per heavy atom. The number of fused-ring (bicyclic) bond motifs is 2. The molecule has 0 saturated carbocycles. The molecule has 3 aromatic carbocycles. The predicted molar refractivity (Wildman–Crippen MR) is 115 cm³/mol. The van der Waals surface area contributed by atoms with Crippen LogP contribution in [0.3, 0.4) is 0 Å². The van der Waals surface area contributed by atoms with Gasteiger partial charge in [-0.3, -0.25) is 0 Å². The summed E-state index contributed by atoms with van der Waals surface area (Å²) in [7, 11) is 0. The van der Waals surface area contributed by atoms with Gasteiger partial charge in [0.05, 0.1) is 0 Å². The highest BCUT2D eigenvalue weighted by Crippen LogP contribution is 2.40. The van der Waals surface area contributed by atoms with Crippen LogP contribution in [0, 0.1) is 13.8 Å². The zero-order chi connectivity index (χ0) is 19.3. The molecule has 0 aliphatic rings. The van der Waals surface area contributed by atoms with Crippen molar-refractivity contribution in [3.63, 3.8) is 0 Å². The van der Waals surface area contributed by atoms with Gasteiger partial charge in [-0.15, -0.1) is 0 Å². The zero-order valence-electron chi connectivity index (χ0n) is 16.0. The van der Waals surface area contributed by atoms with Crippen LogP contribution in [-0.4, -0.2) is 15.1 Å². The minimum absolute atomic E-state index is 0.0618. The normalized spacial score (nSPS) is 11.7. The quantitative estimate of drug-likeness (QED) is 0.352. The molecule has 0 fully saturated rings. The van der Waals surface area contributed by atoms with Crippen LogP contribution in [0.5, 0.6) is 5.75 Å². The number of aromatic amines is 2. The lowest BCUT2D eigenvalue weighted by molar-refractivity contribution is 0.475. The fourth-order valence-corrected chi connectivity index (χ4v) is 4.33. The largest absolute Gasteiger partial charge is 0.508 e. The standard InChI is InChI=1S/C25H22N2O/c1-15-5-3-7-19-21(13-26-24(15)19)23(17-9-11-18(28)12-10-17)22-14-27-25-16(2)6-4-8-20(22)25/h3-14,23,26-28H,1-2H3. The molecule has 3 N–H and O–H groups in total. The van der Waals surface area contributed by atoms with E-state index >= 15 is 0 Å². The molecule has 3 heteroatoms. The molecule has 0 unspecified atom stereocenters. The number of aryl methyl sites for hydroxylation is 2. The van der Waals surface area contributed by atoms with Gasteiger partial charge in [0.1, 0.15) is 5.75 Å². The molecule has 138 valence electrons. The third kappa shape index (κ3) is 2.51. The van der Waals surface area contributed by atoms with Crippen LogP contribution in [0.4, 0.5) is 0 Å². The van der Waals surface area contributed by atoms with Gasteiger partial charge >= 0.3 is 0 Å². The van der Waals surface area contributed by atoms with Gasteiger partial charge in [0.25, 0.3) is 0 Å². The molecule has 0 radical (unpaired) electrons. The fourth-order valence-electron chi connectivity index (χ4n) is 4.33. The summed E-state index contributed by atoms with van der Waals surface area (Å²) in [6, 6.07) is 20.4. The van der Waals surface area contributed by atoms with E-state index in [1.807, 2.05) is 12.1 Å². The Kier molecular flexibility index (Phi) is 3.76. The lowest BCUT2D eigenvalue weighted by Gasteiger charge is -2.18. The van der Waals surface area contributed by atoms with Crippen molar-refractivity contribution < 1.29 is 5.11 Å². The van der Waals surface area contributed by atoms with Crippen molar-refractivity contribution in [3.8, 4) is 5.75 Å². The maximum atomic E-state index is 9.80. The van der Waals surface area contributed by atoms with Crippen molar-refractivity contribution >= 4 is 21.8 Å². The van der Waals surface area contributed by atoms with Gasteiger partial charge in [0, 0.05) is 40.1 Å². The maximum absolute atomic E-state index is 9.80. The first kappa shape index (κ1) is 16.7. The van der Waals surface area contributed by atoms with Gasteiger partial charge < -0.3 is 15.1 Å². The van der Waals surface area contributed by atoms with E-state index in [0.29, 0.717) is 0 Å². The Bertz CT molecular complexity index is 1210. The number of H-pyrrole nitrogens is 2. The Labute approximate surface area is 163 Å². The molecule has 0 aliphatic heterocycles. The predicted octanol–water partition coefficient (Wildman–Crippen LogP) is 6.15. The molecule has 5 aromatic rings. The molecule has 2 heterocycles. The molecule has 0 spiro atoms. The second-order valence-corrected chi connectivity index (χ2v) is 7.51. The molecule has 0 bridgehead atoms. The number of nitrogens with one attached hydrogen (secondary N) is 2. The van der Waals surface area contributed by atoms with Crippen LogP contribution in [0.25, 0.3) is 21.8 Å². The van der Waals surface area contributed by atoms with Crippen LogP contribution in [0.15, 0.2) is 73.1 Å². The SMILES string of the molecule is Cc1cccc2c(C(c3ccc(O)cc3)c3c[nH]c4c(C)cccc34)c[nH]c12. The van der Waals surface area contributed by atoms with E-state index in [1.54, 1.807) is 12.1 Å². The summed E-state index contributed by atoms with van der Waals surface area (Å²) in [5, 5.41) is 12.3. The lowest BCUT2D eigenvalue weighted by atomic mass is 9.84. The van der Waals surface area contributed by atoms with E-state index < -0.39 is 0 Å². The average molecular weight is 366 g/mol.